The van der Waals surface area contributed by atoms with E-state index in [0.717, 1.165) is 156 Å². The Morgan fingerprint density at radius 2 is 0.257 bits per heavy atom. The molecular formula is C140H94N8. The fourth-order valence-corrected chi connectivity index (χ4v) is 19.6. The first-order chi connectivity index (χ1) is 73.3. The van der Waals surface area contributed by atoms with Gasteiger partial charge in [0.1, 0.15) is 0 Å². The Labute approximate surface area is 859 Å². The Bertz CT molecular complexity index is 9050. The maximum Gasteiger partial charge on any atom is 0.0973 e. The van der Waals surface area contributed by atoms with Crippen molar-refractivity contribution in [3.05, 3.63) is 570 Å². The van der Waals surface area contributed by atoms with Crippen LogP contribution in [0, 0.1) is 0 Å². The van der Waals surface area contributed by atoms with E-state index in [2.05, 4.69) is 437 Å². The van der Waals surface area contributed by atoms with E-state index in [4.69, 9.17) is 39.9 Å². The summed E-state index contributed by atoms with van der Waals surface area (Å²) in [5, 5.41) is 7.50. The summed E-state index contributed by atoms with van der Waals surface area (Å²) >= 11 is 0. The SMILES string of the molecule is c1ccc(-c2ccc(-c3nc4ccccc4nc3-c3ccc(-c4ccccc4)cc3)cc2)cc1.c1ccc(-c2cccc(-c3nc4ccccc4nc3-c3cccc(-c4ccccc4)c3)c2)cc1.c1ccc(-c2nc3cccc(-c4ccc(-c5ccc6ccccc6c5)cc4)c3nc2-c2ccccc2)cc1.c1ccc2cc(-c3ccc(-c4nc5ccccc5nc4-c4ccc(-c5ccc6ccccc6c5)cc4)cc3)ccc2c1. The number of aromatic nitrogens is 8. The summed E-state index contributed by atoms with van der Waals surface area (Å²) in [4.78, 5) is 40.9. The first kappa shape index (κ1) is 90.7. The van der Waals surface area contributed by atoms with Crippen LogP contribution in [0.5, 0.6) is 0 Å². The van der Waals surface area contributed by atoms with E-state index < -0.39 is 0 Å². The van der Waals surface area contributed by atoms with Crippen LogP contribution >= 0.6 is 0 Å². The van der Waals surface area contributed by atoms with E-state index in [-0.39, 0.29) is 0 Å². The van der Waals surface area contributed by atoms with Crippen molar-refractivity contribution in [1.29, 1.82) is 0 Å². The van der Waals surface area contributed by atoms with Gasteiger partial charge in [0.05, 0.1) is 89.7 Å². The van der Waals surface area contributed by atoms with Crippen molar-refractivity contribution in [3.63, 3.8) is 0 Å². The molecule has 0 radical (unpaired) electrons. The van der Waals surface area contributed by atoms with Gasteiger partial charge in [0, 0.05) is 50.1 Å². The van der Waals surface area contributed by atoms with Gasteiger partial charge in [-0.25, -0.2) is 39.9 Å². The molecule has 0 unspecified atom stereocenters. The Morgan fingerprint density at radius 1 is 0.0878 bits per heavy atom. The third kappa shape index (κ3) is 19.7. The third-order valence-corrected chi connectivity index (χ3v) is 27.3. The number of rotatable bonds is 16. The highest BCUT2D eigenvalue weighted by Crippen LogP contribution is 2.43. The molecule has 148 heavy (non-hydrogen) atoms. The predicted molar refractivity (Wildman–Crippen MR) is 618 cm³/mol. The largest absolute Gasteiger partial charge is 0.244 e. The molecule has 4 heterocycles. The average Bonchev–Trinajstić information content (AvgIpc) is 0.821. The molecule has 8 nitrogen and oxygen atoms in total. The van der Waals surface area contributed by atoms with Crippen LogP contribution in [0.2, 0.25) is 0 Å². The lowest BCUT2D eigenvalue weighted by Gasteiger charge is -2.13. The summed E-state index contributed by atoms with van der Waals surface area (Å²) in [5.74, 6) is 0. The van der Waals surface area contributed by atoms with Gasteiger partial charge in [-0.05, 0) is 189 Å². The molecule has 0 spiro atoms. The highest BCUT2D eigenvalue weighted by molar-refractivity contribution is 5.99. The van der Waals surface area contributed by atoms with Crippen LogP contribution < -0.4 is 0 Å². The molecule has 0 aliphatic heterocycles. The summed E-state index contributed by atoms with van der Waals surface area (Å²) in [5.41, 5.74) is 41.6. The minimum absolute atomic E-state index is 0.886. The van der Waals surface area contributed by atoms with Crippen LogP contribution in [-0.2, 0) is 0 Å². The summed E-state index contributed by atoms with van der Waals surface area (Å²) < 4.78 is 0. The first-order valence-corrected chi connectivity index (χ1v) is 50.0. The van der Waals surface area contributed by atoms with Gasteiger partial charge in [0.15, 0.2) is 0 Å². The highest BCUT2D eigenvalue weighted by Gasteiger charge is 2.22. The van der Waals surface area contributed by atoms with Gasteiger partial charge in [-0.15, -0.1) is 0 Å². The average molecular weight is 1890 g/mol. The monoisotopic (exact) mass is 1890 g/mol. The van der Waals surface area contributed by atoms with Crippen molar-refractivity contribution in [2.45, 2.75) is 0 Å². The van der Waals surface area contributed by atoms with Gasteiger partial charge in [-0.1, -0.05) is 497 Å². The standard InChI is InChI=1S/C40H26N2.C36H24N2.2C32H22N2/c1-3-9-33-25-35(23-17-27(33)7-1)29-13-19-31(20-14-29)39-40(42-38-12-6-5-11-37(38)41-39)32-21-15-30(16-22-32)36-24-18-28-8-2-4-10-34(28)26-36;1-3-11-28(12-4-1)34-35(29-13-5-2-6-14-29)38-36-32(16-9-17-33(36)37-34)27-21-18-26(19-22-27)31-23-20-25-10-7-8-15-30(25)24-31;1-3-11-23(12-4-1)25-15-9-17-27(21-25)31-32(34-30-20-8-7-19-29(30)33-31)28-18-10-16-26(22-28)24-13-5-2-6-14-24;1-3-9-23(10-4-1)25-15-19-27(20-16-25)31-32(34-30-14-8-7-13-29(30)33-31)28-21-17-26(18-22-28)24-11-5-2-6-12-24/h1-26H;1-24H;2*1-22H. The second-order valence-electron chi connectivity index (χ2n) is 36.8. The van der Waals surface area contributed by atoms with Crippen LogP contribution in [0.4, 0.5) is 0 Å². The van der Waals surface area contributed by atoms with Crippen molar-refractivity contribution in [2.75, 3.05) is 0 Å². The van der Waals surface area contributed by atoms with E-state index >= 15 is 0 Å². The van der Waals surface area contributed by atoms with Gasteiger partial charge in [0.25, 0.3) is 0 Å². The van der Waals surface area contributed by atoms with Crippen molar-refractivity contribution in [1.82, 2.24) is 39.9 Å². The molecule has 27 aromatic rings. The van der Waals surface area contributed by atoms with E-state index in [1.54, 1.807) is 0 Å². The third-order valence-electron chi connectivity index (χ3n) is 27.3. The first-order valence-electron chi connectivity index (χ1n) is 50.0. The van der Waals surface area contributed by atoms with Gasteiger partial charge in [-0.3, -0.25) is 0 Å². The highest BCUT2D eigenvalue weighted by atomic mass is 14.9. The second-order valence-corrected chi connectivity index (χ2v) is 36.8. The lowest BCUT2D eigenvalue weighted by atomic mass is 9.97. The van der Waals surface area contributed by atoms with Crippen LogP contribution in [0.3, 0.4) is 0 Å². The van der Waals surface area contributed by atoms with Crippen molar-refractivity contribution in [2.24, 2.45) is 0 Å². The molecule has 27 rings (SSSR count). The van der Waals surface area contributed by atoms with E-state index in [1.165, 1.54) is 99.1 Å². The number of hydrogen-bond donors (Lipinski definition) is 0. The molecule has 4 aromatic heterocycles. The molecule has 0 fully saturated rings. The summed E-state index contributed by atoms with van der Waals surface area (Å²) in [6.45, 7) is 0. The van der Waals surface area contributed by atoms with E-state index in [1.807, 2.05) is 133 Å². The Balaban J connectivity index is 0.000000106. The minimum Gasteiger partial charge on any atom is -0.244 e. The van der Waals surface area contributed by atoms with Crippen LogP contribution in [-0.4, -0.2) is 39.9 Å². The Morgan fingerprint density at radius 3 is 0.554 bits per heavy atom. The molecule has 0 bridgehead atoms. The number of fused-ring (bicyclic) bond motifs is 7. The summed E-state index contributed by atoms with van der Waals surface area (Å²) in [6.07, 6.45) is 0. The van der Waals surface area contributed by atoms with Gasteiger partial charge in [0.2, 0.25) is 0 Å². The van der Waals surface area contributed by atoms with E-state index in [0.29, 0.717) is 0 Å². The molecule has 0 atom stereocenters. The maximum atomic E-state index is 5.25. The second kappa shape index (κ2) is 41.8. The Kier molecular flexibility index (Phi) is 25.6. The number of nitrogens with zero attached hydrogens (tertiary/aromatic N) is 8. The molecule has 0 aliphatic carbocycles. The molecule has 8 heteroatoms. The fourth-order valence-electron chi connectivity index (χ4n) is 19.6. The minimum atomic E-state index is 0.886. The van der Waals surface area contributed by atoms with Crippen LogP contribution in [0.25, 0.3) is 256 Å². The lowest BCUT2D eigenvalue weighted by molar-refractivity contribution is 1.29. The molecule has 23 aromatic carbocycles. The normalized spacial score (nSPS) is 11.1. The summed E-state index contributed by atoms with van der Waals surface area (Å²) in [6, 6.07) is 199. The van der Waals surface area contributed by atoms with Crippen molar-refractivity contribution in [3.8, 4) is 179 Å². The smallest absolute Gasteiger partial charge is 0.0973 e. The molecular weight excluding hydrogens is 1790 g/mol. The van der Waals surface area contributed by atoms with Gasteiger partial charge >= 0.3 is 0 Å². The maximum absolute atomic E-state index is 5.25. The molecule has 0 saturated heterocycles. The molecule has 0 saturated carbocycles. The lowest BCUT2D eigenvalue weighted by Crippen LogP contribution is -1.97. The number of para-hydroxylation sites is 7. The number of benzene rings is 23. The molecule has 694 valence electrons. The zero-order valence-electron chi connectivity index (χ0n) is 80.8. The summed E-state index contributed by atoms with van der Waals surface area (Å²) in [7, 11) is 0. The quantitative estimate of drug-likeness (QED) is 0.0943. The topological polar surface area (TPSA) is 103 Å². The van der Waals surface area contributed by atoms with Crippen molar-refractivity contribution < 1.29 is 0 Å². The molecule has 0 N–H and O–H groups in total. The Hall–Kier alpha value is -19.8. The van der Waals surface area contributed by atoms with Crippen LogP contribution in [0.1, 0.15) is 0 Å². The molecule has 0 amide bonds. The van der Waals surface area contributed by atoms with Crippen LogP contribution in [0.15, 0.2) is 570 Å². The molecule has 0 aliphatic rings. The zero-order valence-corrected chi connectivity index (χ0v) is 80.8. The zero-order chi connectivity index (χ0) is 98.7. The predicted octanol–water partition coefficient (Wildman–Crippen LogP) is 36.7. The van der Waals surface area contributed by atoms with Crippen molar-refractivity contribution >= 4 is 76.5 Å². The van der Waals surface area contributed by atoms with E-state index in [9.17, 15) is 0 Å². The van der Waals surface area contributed by atoms with Gasteiger partial charge in [-0.2, -0.15) is 0 Å². The number of hydrogen-bond acceptors (Lipinski definition) is 8. The van der Waals surface area contributed by atoms with Gasteiger partial charge < -0.3 is 0 Å². The fraction of sp³-hybridized carbons (Fsp3) is 0.